The number of amides is 1. The lowest BCUT2D eigenvalue weighted by Crippen LogP contribution is -2.25. The number of carbonyl (C=O) groups is 1. The molecule has 0 aliphatic carbocycles. The summed E-state index contributed by atoms with van der Waals surface area (Å²) in [4.78, 5) is 15.5. The molecule has 1 heterocycles. The number of nitrogens with zero attached hydrogens (tertiary/aromatic N) is 1. The minimum Gasteiger partial charge on any atom is -0.398 e. The minimum absolute atomic E-state index is 0.0269. The van der Waals surface area contributed by atoms with E-state index < -0.39 is 0 Å². The fraction of sp³-hybridized carbons (Fsp3) is 0.154. The molecule has 0 saturated heterocycles. The van der Waals surface area contributed by atoms with E-state index in [-0.39, 0.29) is 5.91 Å². The molecule has 2 aromatic rings. The molecule has 2 rings (SSSR count). The third kappa shape index (κ3) is 2.31. The summed E-state index contributed by atoms with van der Waals surface area (Å²) in [6, 6.07) is 11.3. The van der Waals surface area contributed by atoms with Crippen molar-refractivity contribution < 1.29 is 4.79 Å². The van der Waals surface area contributed by atoms with E-state index in [1.165, 1.54) is 11.3 Å². The molecule has 0 aliphatic rings. The first-order valence-corrected chi connectivity index (χ1v) is 6.10. The van der Waals surface area contributed by atoms with Gasteiger partial charge in [0, 0.05) is 23.3 Å². The van der Waals surface area contributed by atoms with E-state index in [4.69, 9.17) is 5.73 Å². The third-order valence-electron chi connectivity index (χ3n) is 2.62. The number of anilines is 2. The SMILES string of the molecule is Cc1sc(C(=O)N(C)c2ccccc2)cc1N. The van der Waals surface area contributed by atoms with Crippen molar-refractivity contribution in [3.05, 3.63) is 46.2 Å². The van der Waals surface area contributed by atoms with Gasteiger partial charge in [0.2, 0.25) is 0 Å². The molecule has 0 fully saturated rings. The van der Waals surface area contributed by atoms with Gasteiger partial charge in [-0.25, -0.2) is 0 Å². The fourth-order valence-electron chi connectivity index (χ4n) is 1.54. The molecule has 4 heteroatoms. The summed E-state index contributed by atoms with van der Waals surface area (Å²) in [5.41, 5.74) is 7.31. The Morgan fingerprint density at radius 2 is 1.94 bits per heavy atom. The van der Waals surface area contributed by atoms with Crippen LogP contribution in [0.3, 0.4) is 0 Å². The van der Waals surface area contributed by atoms with Gasteiger partial charge in [0.1, 0.15) is 0 Å². The van der Waals surface area contributed by atoms with Gasteiger partial charge in [0.15, 0.2) is 0 Å². The first-order chi connectivity index (χ1) is 8.09. The number of aryl methyl sites for hydroxylation is 1. The van der Waals surface area contributed by atoms with E-state index in [0.717, 1.165) is 10.6 Å². The number of thiophene rings is 1. The zero-order chi connectivity index (χ0) is 12.4. The largest absolute Gasteiger partial charge is 0.398 e. The Bertz CT molecular complexity index is 514. The zero-order valence-electron chi connectivity index (χ0n) is 9.81. The highest BCUT2D eigenvalue weighted by Crippen LogP contribution is 2.25. The number of hydrogen-bond acceptors (Lipinski definition) is 3. The highest BCUT2D eigenvalue weighted by atomic mass is 32.1. The first kappa shape index (κ1) is 11.7. The molecule has 1 amide bonds. The maximum Gasteiger partial charge on any atom is 0.268 e. The van der Waals surface area contributed by atoms with Crippen molar-refractivity contribution in [2.75, 3.05) is 17.7 Å². The van der Waals surface area contributed by atoms with Crippen LogP contribution in [0.5, 0.6) is 0 Å². The predicted octanol–water partition coefficient (Wildman–Crippen LogP) is 2.92. The Morgan fingerprint density at radius 1 is 1.29 bits per heavy atom. The van der Waals surface area contributed by atoms with Crippen molar-refractivity contribution in [3.63, 3.8) is 0 Å². The quantitative estimate of drug-likeness (QED) is 0.885. The normalized spacial score (nSPS) is 10.2. The van der Waals surface area contributed by atoms with Gasteiger partial charge >= 0.3 is 0 Å². The Kier molecular flexibility index (Phi) is 3.15. The van der Waals surface area contributed by atoms with Crippen LogP contribution in [0, 0.1) is 6.92 Å². The van der Waals surface area contributed by atoms with Crippen LogP contribution in [0.1, 0.15) is 14.5 Å². The highest BCUT2D eigenvalue weighted by Gasteiger charge is 2.16. The van der Waals surface area contributed by atoms with E-state index in [9.17, 15) is 4.79 Å². The third-order valence-corrected chi connectivity index (χ3v) is 3.67. The summed E-state index contributed by atoms with van der Waals surface area (Å²) in [5, 5.41) is 0. The molecule has 88 valence electrons. The van der Waals surface area contributed by atoms with Crippen LogP contribution < -0.4 is 10.6 Å². The van der Waals surface area contributed by atoms with Gasteiger partial charge in [0.25, 0.3) is 5.91 Å². The second-order valence-corrected chi connectivity index (χ2v) is 5.08. The number of para-hydroxylation sites is 1. The number of hydrogen-bond donors (Lipinski definition) is 1. The van der Waals surface area contributed by atoms with Crippen LogP contribution in [0.25, 0.3) is 0 Å². The molecular weight excluding hydrogens is 232 g/mol. The maximum atomic E-state index is 12.2. The Labute approximate surface area is 104 Å². The minimum atomic E-state index is -0.0269. The van der Waals surface area contributed by atoms with Gasteiger partial charge in [-0.15, -0.1) is 11.3 Å². The molecule has 0 bridgehead atoms. The van der Waals surface area contributed by atoms with Crippen LogP contribution in [-0.2, 0) is 0 Å². The van der Waals surface area contributed by atoms with Crippen molar-refractivity contribution in [3.8, 4) is 0 Å². The van der Waals surface area contributed by atoms with Gasteiger partial charge in [-0.1, -0.05) is 18.2 Å². The van der Waals surface area contributed by atoms with Crippen LogP contribution in [0.4, 0.5) is 11.4 Å². The lowest BCUT2D eigenvalue weighted by molar-refractivity contribution is 0.0997. The lowest BCUT2D eigenvalue weighted by atomic mass is 10.3. The number of carbonyl (C=O) groups excluding carboxylic acids is 1. The topological polar surface area (TPSA) is 46.3 Å². The van der Waals surface area contributed by atoms with E-state index in [0.29, 0.717) is 10.6 Å². The number of nitrogen functional groups attached to an aromatic ring is 1. The molecular formula is C13H14N2OS. The summed E-state index contributed by atoms with van der Waals surface area (Å²) in [7, 11) is 1.77. The van der Waals surface area contributed by atoms with Gasteiger partial charge in [-0.2, -0.15) is 0 Å². The van der Waals surface area contributed by atoms with E-state index >= 15 is 0 Å². The molecule has 2 N–H and O–H groups in total. The molecule has 0 atom stereocenters. The molecule has 0 radical (unpaired) electrons. The second kappa shape index (κ2) is 4.59. The van der Waals surface area contributed by atoms with Crippen LogP contribution in [-0.4, -0.2) is 13.0 Å². The van der Waals surface area contributed by atoms with Gasteiger partial charge in [-0.05, 0) is 25.1 Å². The van der Waals surface area contributed by atoms with Crippen molar-refractivity contribution in [1.29, 1.82) is 0 Å². The molecule has 1 aromatic heterocycles. The van der Waals surface area contributed by atoms with Crippen LogP contribution >= 0.6 is 11.3 Å². The van der Waals surface area contributed by atoms with Crippen molar-refractivity contribution in [2.24, 2.45) is 0 Å². The Hall–Kier alpha value is -1.81. The number of benzene rings is 1. The molecule has 1 aromatic carbocycles. The smallest absolute Gasteiger partial charge is 0.268 e. The Balaban J connectivity index is 2.26. The van der Waals surface area contributed by atoms with E-state index in [1.807, 2.05) is 37.3 Å². The predicted molar refractivity (Wildman–Crippen MR) is 72.6 cm³/mol. The first-order valence-electron chi connectivity index (χ1n) is 5.28. The van der Waals surface area contributed by atoms with Gasteiger partial charge in [0.05, 0.1) is 4.88 Å². The highest BCUT2D eigenvalue weighted by molar-refractivity contribution is 7.14. The summed E-state index contributed by atoms with van der Waals surface area (Å²) >= 11 is 1.43. The molecule has 0 saturated carbocycles. The molecule has 17 heavy (non-hydrogen) atoms. The summed E-state index contributed by atoms with van der Waals surface area (Å²) in [6.45, 7) is 1.92. The standard InChI is InChI=1S/C13H14N2OS/c1-9-11(14)8-12(17-9)13(16)15(2)10-6-4-3-5-7-10/h3-8H,14H2,1-2H3. The van der Waals surface area contributed by atoms with E-state index in [2.05, 4.69) is 0 Å². The van der Waals surface area contributed by atoms with Crippen molar-refractivity contribution >= 4 is 28.6 Å². The van der Waals surface area contributed by atoms with Crippen molar-refractivity contribution in [1.82, 2.24) is 0 Å². The van der Waals surface area contributed by atoms with E-state index in [1.54, 1.807) is 18.0 Å². The molecule has 0 unspecified atom stereocenters. The zero-order valence-corrected chi connectivity index (χ0v) is 10.6. The number of nitrogens with two attached hydrogens (primary N) is 1. The van der Waals surface area contributed by atoms with Gasteiger partial charge < -0.3 is 10.6 Å². The van der Waals surface area contributed by atoms with Gasteiger partial charge in [-0.3, -0.25) is 4.79 Å². The lowest BCUT2D eigenvalue weighted by Gasteiger charge is -2.15. The average Bonchev–Trinajstić information content (AvgIpc) is 2.69. The summed E-state index contributed by atoms with van der Waals surface area (Å²) < 4.78 is 0. The monoisotopic (exact) mass is 246 g/mol. The van der Waals surface area contributed by atoms with Crippen LogP contribution in [0.15, 0.2) is 36.4 Å². The summed E-state index contributed by atoms with van der Waals surface area (Å²) in [6.07, 6.45) is 0. The second-order valence-electron chi connectivity index (χ2n) is 3.82. The Morgan fingerprint density at radius 3 is 2.47 bits per heavy atom. The average molecular weight is 246 g/mol. The van der Waals surface area contributed by atoms with Crippen LogP contribution in [0.2, 0.25) is 0 Å². The molecule has 0 spiro atoms. The molecule has 0 aliphatic heterocycles. The summed E-state index contributed by atoms with van der Waals surface area (Å²) in [5.74, 6) is -0.0269. The fourth-order valence-corrected chi connectivity index (χ4v) is 2.45. The van der Waals surface area contributed by atoms with Crippen molar-refractivity contribution in [2.45, 2.75) is 6.92 Å². The molecule has 3 nitrogen and oxygen atoms in total. The maximum absolute atomic E-state index is 12.2. The number of rotatable bonds is 2.